The second-order valence-electron chi connectivity index (χ2n) is 6.71. The van der Waals surface area contributed by atoms with Crippen LogP contribution in [0.5, 0.6) is 0 Å². The maximum Gasteiger partial charge on any atom is 0.188 e. The molecule has 4 aromatic rings. The van der Waals surface area contributed by atoms with Crippen molar-refractivity contribution in [1.29, 1.82) is 0 Å². The fourth-order valence-electron chi connectivity index (χ4n) is 3.26. The highest BCUT2D eigenvalue weighted by atomic mass is 16.4. The molecule has 2 aromatic heterocycles. The van der Waals surface area contributed by atoms with Gasteiger partial charge in [0.1, 0.15) is 30.1 Å². The normalized spacial score (nSPS) is 16.0. The fourth-order valence-corrected chi connectivity index (χ4v) is 3.26. The zero-order chi connectivity index (χ0) is 20.5. The molecule has 4 rings (SSSR count). The largest absolute Gasteiger partial charge is 0.394 e. The standard InChI is InChI=1S/C20H20N4O5/c25-10-14(26)16(27)17(28)18(29)20-23-22-19-15(11-6-2-1-3-7-11)21-12-8-4-5-9-13(12)24(19)20/h1-9,14,16-18,25-29H,10H2. The summed E-state index contributed by atoms with van der Waals surface area (Å²) in [4.78, 5) is 4.68. The number of para-hydroxylation sites is 2. The molecule has 0 aliphatic rings. The summed E-state index contributed by atoms with van der Waals surface area (Å²) in [5, 5.41) is 57.7. The van der Waals surface area contributed by atoms with E-state index in [9.17, 15) is 20.4 Å². The van der Waals surface area contributed by atoms with Crippen LogP contribution in [0.1, 0.15) is 11.9 Å². The third-order valence-electron chi connectivity index (χ3n) is 4.82. The van der Waals surface area contributed by atoms with Crippen LogP contribution in [0, 0.1) is 0 Å². The predicted molar refractivity (Wildman–Crippen MR) is 104 cm³/mol. The zero-order valence-electron chi connectivity index (χ0n) is 15.2. The highest BCUT2D eigenvalue weighted by Gasteiger charge is 2.34. The van der Waals surface area contributed by atoms with Crippen LogP contribution in [0.4, 0.5) is 0 Å². The van der Waals surface area contributed by atoms with Crippen molar-refractivity contribution in [3.63, 3.8) is 0 Å². The first kappa shape index (κ1) is 19.4. The molecule has 9 heteroatoms. The molecule has 0 radical (unpaired) electrons. The zero-order valence-corrected chi connectivity index (χ0v) is 15.2. The fraction of sp³-hybridized carbons (Fsp3) is 0.250. The topological polar surface area (TPSA) is 144 Å². The quantitative estimate of drug-likeness (QED) is 0.308. The van der Waals surface area contributed by atoms with E-state index in [2.05, 4.69) is 15.2 Å². The lowest BCUT2D eigenvalue weighted by Crippen LogP contribution is -2.43. The number of benzene rings is 2. The number of aliphatic hydroxyl groups is 5. The highest BCUT2D eigenvalue weighted by Crippen LogP contribution is 2.29. The van der Waals surface area contributed by atoms with Gasteiger partial charge in [0.2, 0.25) is 0 Å². The molecule has 0 saturated carbocycles. The molecule has 0 fully saturated rings. The monoisotopic (exact) mass is 396 g/mol. The Morgan fingerprint density at radius 2 is 1.52 bits per heavy atom. The first-order valence-corrected chi connectivity index (χ1v) is 9.05. The van der Waals surface area contributed by atoms with E-state index >= 15 is 0 Å². The molecule has 150 valence electrons. The van der Waals surface area contributed by atoms with E-state index in [4.69, 9.17) is 5.11 Å². The van der Waals surface area contributed by atoms with Gasteiger partial charge in [-0.3, -0.25) is 4.40 Å². The third-order valence-corrected chi connectivity index (χ3v) is 4.82. The van der Waals surface area contributed by atoms with Crippen molar-refractivity contribution in [2.24, 2.45) is 0 Å². The van der Waals surface area contributed by atoms with Crippen LogP contribution >= 0.6 is 0 Å². The molecule has 0 amide bonds. The van der Waals surface area contributed by atoms with Crippen LogP contribution in [-0.2, 0) is 0 Å². The van der Waals surface area contributed by atoms with Crippen molar-refractivity contribution in [1.82, 2.24) is 19.6 Å². The van der Waals surface area contributed by atoms with Gasteiger partial charge in [-0.2, -0.15) is 0 Å². The summed E-state index contributed by atoms with van der Waals surface area (Å²) >= 11 is 0. The Bertz CT molecular complexity index is 1130. The van der Waals surface area contributed by atoms with Crippen LogP contribution < -0.4 is 0 Å². The summed E-state index contributed by atoms with van der Waals surface area (Å²) in [6, 6.07) is 16.6. The lowest BCUT2D eigenvalue weighted by Gasteiger charge is -2.24. The van der Waals surface area contributed by atoms with Gasteiger partial charge in [-0.05, 0) is 12.1 Å². The Morgan fingerprint density at radius 1 is 0.828 bits per heavy atom. The molecule has 4 unspecified atom stereocenters. The summed E-state index contributed by atoms with van der Waals surface area (Å²) < 4.78 is 1.57. The molecule has 2 heterocycles. The third kappa shape index (κ3) is 3.35. The van der Waals surface area contributed by atoms with Crippen LogP contribution in [0.2, 0.25) is 0 Å². The molecule has 0 spiro atoms. The van der Waals surface area contributed by atoms with Gasteiger partial charge in [0.25, 0.3) is 0 Å². The van der Waals surface area contributed by atoms with E-state index in [-0.39, 0.29) is 5.82 Å². The van der Waals surface area contributed by atoms with Gasteiger partial charge < -0.3 is 25.5 Å². The highest BCUT2D eigenvalue weighted by molar-refractivity contribution is 5.85. The second kappa shape index (κ2) is 7.82. The number of hydrogen-bond donors (Lipinski definition) is 5. The van der Waals surface area contributed by atoms with E-state index in [0.717, 1.165) is 5.56 Å². The number of aromatic nitrogens is 4. The number of fused-ring (bicyclic) bond motifs is 3. The lowest BCUT2D eigenvalue weighted by atomic mass is 10.0. The van der Waals surface area contributed by atoms with Gasteiger partial charge >= 0.3 is 0 Å². The summed E-state index contributed by atoms with van der Waals surface area (Å²) in [5.74, 6) is -0.0209. The molecule has 0 saturated heterocycles. The van der Waals surface area contributed by atoms with Crippen molar-refractivity contribution >= 4 is 16.7 Å². The van der Waals surface area contributed by atoms with E-state index < -0.39 is 31.0 Å². The molecule has 5 N–H and O–H groups in total. The van der Waals surface area contributed by atoms with Crippen molar-refractivity contribution in [3.05, 3.63) is 60.4 Å². The van der Waals surface area contributed by atoms with Crippen LogP contribution in [0.25, 0.3) is 27.9 Å². The first-order valence-electron chi connectivity index (χ1n) is 9.05. The smallest absolute Gasteiger partial charge is 0.188 e. The van der Waals surface area contributed by atoms with Crippen molar-refractivity contribution in [3.8, 4) is 11.3 Å². The van der Waals surface area contributed by atoms with Crippen LogP contribution in [0.3, 0.4) is 0 Å². The summed E-state index contributed by atoms with van der Waals surface area (Å²) in [6.07, 6.45) is -6.85. The maximum atomic E-state index is 10.7. The van der Waals surface area contributed by atoms with Gasteiger partial charge in [0.15, 0.2) is 11.5 Å². The van der Waals surface area contributed by atoms with Gasteiger partial charge in [-0.1, -0.05) is 42.5 Å². The van der Waals surface area contributed by atoms with Gasteiger partial charge in [0.05, 0.1) is 17.6 Å². The lowest BCUT2D eigenvalue weighted by molar-refractivity contribution is -0.118. The van der Waals surface area contributed by atoms with E-state index in [1.54, 1.807) is 22.6 Å². The minimum atomic E-state index is -1.79. The molecular weight excluding hydrogens is 376 g/mol. The average Bonchev–Trinajstić information content (AvgIpc) is 3.22. The molecule has 29 heavy (non-hydrogen) atoms. The summed E-state index contributed by atoms with van der Waals surface area (Å²) in [6.45, 7) is -0.767. The van der Waals surface area contributed by atoms with Gasteiger partial charge in [-0.25, -0.2) is 4.98 Å². The van der Waals surface area contributed by atoms with E-state index in [0.29, 0.717) is 22.4 Å². The SMILES string of the molecule is OCC(O)C(O)C(O)C(O)c1nnc2c(-c3ccccc3)nc3ccccc3n12. The molecular formula is C20H20N4O5. The number of rotatable bonds is 6. The van der Waals surface area contributed by atoms with Crippen LogP contribution in [-0.4, -0.2) is 70.0 Å². The van der Waals surface area contributed by atoms with Crippen molar-refractivity contribution < 1.29 is 25.5 Å². The van der Waals surface area contributed by atoms with E-state index in [1.165, 1.54) is 0 Å². The number of aliphatic hydroxyl groups excluding tert-OH is 5. The summed E-state index contributed by atoms with van der Waals surface area (Å²) in [7, 11) is 0. The first-order chi connectivity index (χ1) is 14.0. The molecule has 0 aliphatic heterocycles. The minimum absolute atomic E-state index is 0.0209. The Morgan fingerprint density at radius 3 is 2.24 bits per heavy atom. The molecule has 4 atom stereocenters. The number of nitrogens with zero attached hydrogens (tertiary/aromatic N) is 4. The Kier molecular flexibility index (Phi) is 5.22. The number of hydrogen-bond acceptors (Lipinski definition) is 8. The second-order valence-corrected chi connectivity index (χ2v) is 6.71. The average molecular weight is 396 g/mol. The Balaban J connectivity index is 1.92. The molecule has 9 nitrogen and oxygen atoms in total. The van der Waals surface area contributed by atoms with Gasteiger partial charge in [0, 0.05) is 5.56 Å². The Hall–Kier alpha value is -2.95. The predicted octanol–water partition coefficient (Wildman–Crippen LogP) is 0.0529. The Labute approximate surface area is 165 Å². The van der Waals surface area contributed by atoms with E-state index in [1.807, 2.05) is 36.4 Å². The molecule has 0 aliphatic carbocycles. The van der Waals surface area contributed by atoms with Crippen molar-refractivity contribution in [2.75, 3.05) is 6.61 Å². The maximum absolute atomic E-state index is 10.7. The summed E-state index contributed by atoms with van der Waals surface area (Å²) in [5.41, 5.74) is 2.94. The molecule has 0 bridgehead atoms. The minimum Gasteiger partial charge on any atom is -0.394 e. The van der Waals surface area contributed by atoms with Gasteiger partial charge in [-0.15, -0.1) is 10.2 Å². The van der Waals surface area contributed by atoms with Crippen molar-refractivity contribution in [2.45, 2.75) is 24.4 Å². The molecule has 2 aromatic carbocycles. The van der Waals surface area contributed by atoms with Crippen LogP contribution in [0.15, 0.2) is 54.6 Å².